The first-order valence-corrected chi connectivity index (χ1v) is 3.55. The Labute approximate surface area is 61.1 Å². The third-order valence-electron chi connectivity index (χ3n) is 1.60. The van der Waals surface area contributed by atoms with Gasteiger partial charge in [0.1, 0.15) is 6.04 Å². The van der Waals surface area contributed by atoms with Crippen LogP contribution in [0, 0.1) is 0 Å². The Morgan fingerprint density at radius 3 is 2.50 bits per heavy atom. The normalized spacial score (nSPS) is 34.6. The number of hydrogen-bond donors (Lipinski definition) is 2. The molecular formula is C5H10NO3P. The maximum atomic E-state index is 10.4. The molecule has 4 nitrogen and oxygen atoms in total. The summed E-state index contributed by atoms with van der Waals surface area (Å²) < 4.78 is 1.56. The summed E-state index contributed by atoms with van der Waals surface area (Å²) in [6, 6.07) is -0.528. The maximum absolute atomic E-state index is 10.4. The van der Waals surface area contributed by atoms with Crippen LogP contribution in [0.2, 0.25) is 0 Å². The summed E-state index contributed by atoms with van der Waals surface area (Å²) in [7, 11) is 2.30. The minimum atomic E-state index is -0.869. The largest absolute Gasteiger partial charge is 0.480 e. The monoisotopic (exact) mass is 163 g/mol. The lowest BCUT2D eigenvalue weighted by atomic mass is 10.2. The molecule has 1 aliphatic rings. The number of β-amino-alcohol motifs (C(OH)–C–C–N with tert-alkyl or cyclic N) is 1. The second-order valence-electron chi connectivity index (χ2n) is 2.44. The minimum Gasteiger partial charge on any atom is -0.480 e. The van der Waals surface area contributed by atoms with E-state index in [1.54, 1.807) is 4.67 Å². The van der Waals surface area contributed by atoms with Gasteiger partial charge in [0.05, 0.1) is 6.10 Å². The summed E-state index contributed by atoms with van der Waals surface area (Å²) in [6.45, 7) is 0.432. The first-order chi connectivity index (χ1) is 4.61. The predicted octanol–water partition coefficient (Wildman–Crippen LogP) is -0.704. The molecule has 1 fully saturated rings. The molecule has 3 unspecified atom stereocenters. The number of nitrogens with zero attached hydrogens (tertiary/aromatic N) is 1. The summed E-state index contributed by atoms with van der Waals surface area (Å²) in [5.41, 5.74) is 0. The van der Waals surface area contributed by atoms with Gasteiger partial charge in [-0.3, -0.25) is 9.46 Å². The highest BCUT2D eigenvalue weighted by Crippen LogP contribution is 2.21. The lowest BCUT2D eigenvalue weighted by Gasteiger charge is -2.12. The van der Waals surface area contributed by atoms with E-state index in [1.165, 1.54) is 0 Å². The van der Waals surface area contributed by atoms with Gasteiger partial charge in [0, 0.05) is 13.0 Å². The van der Waals surface area contributed by atoms with E-state index in [1.807, 2.05) is 0 Å². The third-order valence-corrected chi connectivity index (χ3v) is 2.17. The van der Waals surface area contributed by atoms with E-state index < -0.39 is 18.1 Å². The van der Waals surface area contributed by atoms with Gasteiger partial charge in [-0.05, 0) is 0 Å². The summed E-state index contributed by atoms with van der Waals surface area (Å²) in [4.78, 5) is 10.4. The molecule has 10 heavy (non-hydrogen) atoms. The van der Waals surface area contributed by atoms with Crippen molar-refractivity contribution in [3.05, 3.63) is 0 Å². The van der Waals surface area contributed by atoms with Crippen LogP contribution in [-0.4, -0.2) is 39.5 Å². The van der Waals surface area contributed by atoms with Gasteiger partial charge >= 0.3 is 5.97 Å². The van der Waals surface area contributed by atoms with E-state index in [0.717, 1.165) is 0 Å². The van der Waals surface area contributed by atoms with E-state index in [4.69, 9.17) is 10.2 Å². The van der Waals surface area contributed by atoms with Crippen molar-refractivity contribution in [2.24, 2.45) is 0 Å². The number of carbonyl (C=O) groups is 1. The molecule has 0 aromatic carbocycles. The molecule has 0 aliphatic carbocycles. The molecule has 0 aromatic rings. The van der Waals surface area contributed by atoms with Crippen molar-refractivity contribution in [3.8, 4) is 0 Å². The molecule has 0 radical (unpaired) electrons. The zero-order chi connectivity index (χ0) is 7.72. The molecular weight excluding hydrogens is 153 g/mol. The van der Waals surface area contributed by atoms with E-state index >= 15 is 0 Å². The van der Waals surface area contributed by atoms with Gasteiger partial charge < -0.3 is 10.2 Å². The summed E-state index contributed by atoms with van der Waals surface area (Å²) in [6.07, 6.45) is -0.155. The molecule has 1 aliphatic heterocycles. The van der Waals surface area contributed by atoms with Crippen molar-refractivity contribution < 1.29 is 15.0 Å². The fourth-order valence-corrected chi connectivity index (χ4v) is 1.57. The van der Waals surface area contributed by atoms with E-state index in [9.17, 15) is 4.79 Å². The Kier molecular flexibility index (Phi) is 2.24. The number of aliphatic hydroxyl groups excluding tert-OH is 1. The van der Waals surface area contributed by atoms with Gasteiger partial charge in [-0.1, -0.05) is 9.39 Å². The van der Waals surface area contributed by atoms with Crippen LogP contribution < -0.4 is 0 Å². The van der Waals surface area contributed by atoms with Gasteiger partial charge in [0.2, 0.25) is 0 Å². The zero-order valence-electron chi connectivity index (χ0n) is 5.40. The topological polar surface area (TPSA) is 60.8 Å². The van der Waals surface area contributed by atoms with Crippen LogP contribution in [0.15, 0.2) is 0 Å². The lowest BCUT2D eigenvalue weighted by Crippen LogP contribution is -2.28. The van der Waals surface area contributed by atoms with Crippen LogP contribution in [0.25, 0.3) is 0 Å². The molecule has 0 spiro atoms. The van der Waals surface area contributed by atoms with Gasteiger partial charge in [-0.15, -0.1) is 0 Å². The summed E-state index contributed by atoms with van der Waals surface area (Å²) in [5, 5.41) is 17.5. The average molecular weight is 163 g/mol. The number of carboxylic acids is 1. The van der Waals surface area contributed by atoms with E-state index in [0.29, 0.717) is 13.0 Å². The molecule has 3 atom stereocenters. The molecule has 0 aromatic heterocycles. The first-order valence-electron chi connectivity index (χ1n) is 3.03. The van der Waals surface area contributed by atoms with Gasteiger partial charge in [0.15, 0.2) is 0 Å². The molecule has 58 valence electrons. The molecule has 0 saturated carbocycles. The van der Waals surface area contributed by atoms with Crippen LogP contribution >= 0.6 is 9.39 Å². The van der Waals surface area contributed by atoms with Crippen LogP contribution in [0.4, 0.5) is 0 Å². The first kappa shape index (κ1) is 7.92. The average Bonchev–Trinajstić information content (AvgIpc) is 2.10. The Bertz CT molecular complexity index is 152. The van der Waals surface area contributed by atoms with Gasteiger partial charge in [0.25, 0.3) is 0 Å². The quantitative estimate of drug-likeness (QED) is 0.501. The Balaban J connectivity index is 2.54. The van der Waals surface area contributed by atoms with Crippen molar-refractivity contribution >= 4 is 15.4 Å². The molecule has 0 bridgehead atoms. The van der Waals surface area contributed by atoms with Crippen LogP contribution in [0.5, 0.6) is 0 Å². The number of rotatable bonds is 1. The number of carboxylic acid groups (broad SMARTS) is 1. The minimum absolute atomic E-state index is 0.332. The smallest absolute Gasteiger partial charge is 0.321 e. The van der Waals surface area contributed by atoms with E-state index in [-0.39, 0.29) is 0 Å². The summed E-state index contributed by atoms with van der Waals surface area (Å²) >= 11 is 0. The van der Waals surface area contributed by atoms with Crippen LogP contribution in [0.3, 0.4) is 0 Å². The molecule has 1 rings (SSSR count). The molecule has 1 saturated heterocycles. The van der Waals surface area contributed by atoms with Gasteiger partial charge in [-0.25, -0.2) is 0 Å². The van der Waals surface area contributed by atoms with Crippen molar-refractivity contribution in [2.75, 3.05) is 6.54 Å². The second-order valence-corrected chi connectivity index (χ2v) is 3.10. The highest BCUT2D eigenvalue weighted by Gasteiger charge is 2.33. The second kappa shape index (κ2) is 2.82. The van der Waals surface area contributed by atoms with Crippen molar-refractivity contribution in [1.29, 1.82) is 0 Å². The predicted molar refractivity (Wildman–Crippen MR) is 38.5 cm³/mol. The van der Waals surface area contributed by atoms with Crippen molar-refractivity contribution in [1.82, 2.24) is 4.67 Å². The Morgan fingerprint density at radius 1 is 1.70 bits per heavy atom. The van der Waals surface area contributed by atoms with E-state index in [2.05, 4.69) is 9.39 Å². The zero-order valence-corrected chi connectivity index (χ0v) is 6.55. The highest BCUT2D eigenvalue weighted by atomic mass is 31.0. The number of aliphatic carboxylic acids is 1. The van der Waals surface area contributed by atoms with Crippen molar-refractivity contribution in [2.45, 2.75) is 18.6 Å². The Morgan fingerprint density at radius 2 is 2.30 bits per heavy atom. The maximum Gasteiger partial charge on any atom is 0.321 e. The summed E-state index contributed by atoms with van der Waals surface area (Å²) in [5.74, 6) is -0.869. The fraction of sp³-hybridized carbons (Fsp3) is 0.800. The molecule has 2 N–H and O–H groups in total. The van der Waals surface area contributed by atoms with Gasteiger partial charge in [-0.2, -0.15) is 0 Å². The molecule has 5 heteroatoms. The highest BCUT2D eigenvalue weighted by molar-refractivity contribution is 7.13. The lowest BCUT2D eigenvalue weighted by molar-refractivity contribution is -0.140. The third kappa shape index (κ3) is 1.45. The SMILES string of the molecule is O=C(O)C1CC(O)CN1P. The standard InChI is InChI=1S/C5H10NO3P/c7-3-1-4(5(8)9)6(10)2-3/h3-4,7H,1-2,10H2,(H,8,9). The van der Waals surface area contributed by atoms with Crippen LogP contribution in [-0.2, 0) is 4.79 Å². The number of aliphatic hydroxyl groups is 1. The van der Waals surface area contributed by atoms with Crippen molar-refractivity contribution in [3.63, 3.8) is 0 Å². The Hall–Kier alpha value is -0.180. The number of hydrogen-bond acceptors (Lipinski definition) is 3. The molecule has 0 amide bonds. The fourth-order valence-electron chi connectivity index (χ4n) is 1.08. The van der Waals surface area contributed by atoms with Crippen LogP contribution in [0.1, 0.15) is 6.42 Å². The molecule has 1 heterocycles.